The van der Waals surface area contributed by atoms with Gasteiger partial charge in [-0.05, 0) is 37.8 Å². The summed E-state index contributed by atoms with van der Waals surface area (Å²) in [5.41, 5.74) is 0.0826. The summed E-state index contributed by atoms with van der Waals surface area (Å²) in [6, 6.07) is 3.30. The first-order valence-corrected chi connectivity index (χ1v) is 6.51. The third-order valence-corrected chi connectivity index (χ3v) is 3.75. The highest BCUT2D eigenvalue weighted by atomic mass is 19.4. The number of alkyl halides is 3. The van der Waals surface area contributed by atoms with E-state index >= 15 is 0 Å². The Morgan fingerprint density at radius 1 is 1.30 bits per heavy atom. The standard InChI is InChI=1S/C12H14F3N5/c1-7(8-3-2-4-8)16-9-5-6-10-17-18-11(12(13,14)15)20(10)19-9/h5-8H,2-4H2,1H3,(H,16,19). The fourth-order valence-electron chi connectivity index (χ4n) is 2.33. The fourth-order valence-corrected chi connectivity index (χ4v) is 2.33. The van der Waals surface area contributed by atoms with E-state index < -0.39 is 12.0 Å². The van der Waals surface area contributed by atoms with E-state index in [-0.39, 0.29) is 11.7 Å². The molecule has 1 unspecified atom stereocenters. The maximum Gasteiger partial charge on any atom is 0.453 e. The summed E-state index contributed by atoms with van der Waals surface area (Å²) in [6.45, 7) is 2.02. The van der Waals surface area contributed by atoms with Gasteiger partial charge >= 0.3 is 6.18 Å². The first-order valence-electron chi connectivity index (χ1n) is 6.51. The molecule has 0 saturated heterocycles. The molecule has 1 N–H and O–H groups in total. The lowest BCUT2D eigenvalue weighted by atomic mass is 9.80. The number of hydrogen-bond acceptors (Lipinski definition) is 4. The SMILES string of the molecule is CC(Nc1ccc2nnc(C(F)(F)F)n2n1)C1CCC1. The number of halogens is 3. The quantitative estimate of drug-likeness (QED) is 0.942. The molecule has 2 aromatic rings. The number of anilines is 1. The molecule has 1 atom stereocenters. The van der Waals surface area contributed by atoms with Crippen molar-refractivity contribution in [3.8, 4) is 0 Å². The van der Waals surface area contributed by atoms with Crippen molar-refractivity contribution in [2.75, 3.05) is 5.32 Å². The highest BCUT2D eigenvalue weighted by molar-refractivity contribution is 5.44. The molecule has 1 fully saturated rings. The van der Waals surface area contributed by atoms with Crippen molar-refractivity contribution in [1.82, 2.24) is 19.8 Å². The van der Waals surface area contributed by atoms with Gasteiger partial charge in [0.05, 0.1) is 0 Å². The lowest BCUT2D eigenvalue weighted by molar-refractivity contribution is -0.146. The third kappa shape index (κ3) is 2.30. The van der Waals surface area contributed by atoms with Gasteiger partial charge in [-0.2, -0.15) is 17.7 Å². The van der Waals surface area contributed by atoms with Crippen LogP contribution < -0.4 is 5.32 Å². The van der Waals surface area contributed by atoms with Gasteiger partial charge in [0.2, 0.25) is 0 Å². The molecule has 5 nitrogen and oxygen atoms in total. The Bertz CT molecular complexity index is 617. The molecule has 1 aliphatic carbocycles. The Morgan fingerprint density at radius 3 is 2.65 bits per heavy atom. The Hall–Kier alpha value is -1.86. The van der Waals surface area contributed by atoms with Gasteiger partial charge in [-0.1, -0.05) is 6.42 Å². The minimum absolute atomic E-state index is 0.0826. The Morgan fingerprint density at radius 2 is 2.05 bits per heavy atom. The van der Waals surface area contributed by atoms with E-state index in [1.165, 1.54) is 12.5 Å². The van der Waals surface area contributed by atoms with E-state index in [9.17, 15) is 13.2 Å². The molecule has 0 bridgehead atoms. The molecule has 0 aromatic carbocycles. The average Bonchev–Trinajstić information content (AvgIpc) is 2.68. The van der Waals surface area contributed by atoms with Crippen molar-refractivity contribution < 1.29 is 13.2 Å². The molecule has 0 spiro atoms. The summed E-state index contributed by atoms with van der Waals surface area (Å²) in [6.07, 6.45) is -1.05. The van der Waals surface area contributed by atoms with E-state index in [0.29, 0.717) is 11.7 Å². The monoisotopic (exact) mass is 285 g/mol. The largest absolute Gasteiger partial charge is 0.453 e. The van der Waals surface area contributed by atoms with E-state index in [1.54, 1.807) is 6.07 Å². The van der Waals surface area contributed by atoms with Gasteiger partial charge in [0.15, 0.2) is 5.65 Å². The number of rotatable bonds is 3. The van der Waals surface area contributed by atoms with Crippen LogP contribution in [0.25, 0.3) is 5.65 Å². The van der Waals surface area contributed by atoms with E-state index in [2.05, 4.69) is 20.6 Å². The molecule has 8 heteroatoms. The molecule has 1 saturated carbocycles. The molecule has 0 aliphatic heterocycles. The van der Waals surface area contributed by atoms with Crippen molar-refractivity contribution in [3.05, 3.63) is 18.0 Å². The molecular formula is C12H14F3N5. The predicted molar refractivity (Wildman–Crippen MR) is 66.2 cm³/mol. The second-order valence-electron chi connectivity index (χ2n) is 5.13. The zero-order valence-electron chi connectivity index (χ0n) is 10.9. The fraction of sp³-hybridized carbons (Fsp3) is 0.583. The van der Waals surface area contributed by atoms with Gasteiger partial charge in [-0.25, -0.2) is 0 Å². The lowest BCUT2D eigenvalue weighted by Crippen LogP contribution is -2.31. The van der Waals surface area contributed by atoms with Gasteiger partial charge in [0, 0.05) is 6.04 Å². The highest BCUT2D eigenvalue weighted by Crippen LogP contribution is 2.31. The van der Waals surface area contributed by atoms with Crippen LogP contribution in [0.2, 0.25) is 0 Å². The topological polar surface area (TPSA) is 55.1 Å². The third-order valence-electron chi connectivity index (χ3n) is 3.75. The summed E-state index contributed by atoms with van der Waals surface area (Å²) < 4.78 is 39.0. The van der Waals surface area contributed by atoms with E-state index in [4.69, 9.17) is 0 Å². The maximum atomic E-state index is 12.8. The molecule has 2 aromatic heterocycles. The Balaban J connectivity index is 1.89. The van der Waals surface area contributed by atoms with Crippen LogP contribution >= 0.6 is 0 Å². The second kappa shape index (κ2) is 4.60. The first-order chi connectivity index (χ1) is 9.45. The molecule has 20 heavy (non-hydrogen) atoms. The summed E-state index contributed by atoms with van der Waals surface area (Å²) in [7, 11) is 0. The van der Waals surface area contributed by atoms with Crippen LogP contribution in [-0.2, 0) is 6.18 Å². The molecule has 0 radical (unpaired) electrons. The highest BCUT2D eigenvalue weighted by Gasteiger charge is 2.37. The first kappa shape index (κ1) is 13.1. The molecule has 1 aliphatic rings. The van der Waals surface area contributed by atoms with Crippen molar-refractivity contribution in [1.29, 1.82) is 0 Å². The smallest absolute Gasteiger partial charge is 0.366 e. The summed E-state index contributed by atoms with van der Waals surface area (Å²) in [5, 5.41) is 13.7. The van der Waals surface area contributed by atoms with Crippen LogP contribution in [-0.4, -0.2) is 25.9 Å². The second-order valence-corrected chi connectivity index (χ2v) is 5.13. The molecular weight excluding hydrogens is 271 g/mol. The summed E-state index contributed by atoms with van der Waals surface area (Å²) >= 11 is 0. The zero-order chi connectivity index (χ0) is 14.3. The number of hydrogen-bond donors (Lipinski definition) is 1. The van der Waals surface area contributed by atoms with Gasteiger partial charge < -0.3 is 5.32 Å². The van der Waals surface area contributed by atoms with Crippen molar-refractivity contribution in [2.24, 2.45) is 5.92 Å². The normalized spacial score (nSPS) is 18.0. The molecule has 3 rings (SSSR count). The number of nitrogens with one attached hydrogen (secondary N) is 1. The molecule has 0 amide bonds. The van der Waals surface area contributed by atoms with Gasteiger partial charge in [0.1, 0.15) is 5.82 Å². The van der Waals surface area contributed by atoms with Crippen LogP contribution in [0.15, 0.2) is 12.1 Å². The molecule has 2 heterocycles. The van der Waals surface area contributed by atoms with Crippen molar-refractivity contribution in [3.63, 3.8) is 0 Å². The van der Waals surface area contributed by atoms with Crippen LogP contribution in [0.5, 0.6) is 0 Å². The van der Waals surface area contributed by atoms with E-state index in [0.717, 1.165) is 17.4 Å². The van der Waals surface area contributed by atoms with Crippen LogP contribution in [0, 0.1) is 5.92 Å². The lowest BCUT2D eigenvalue weighted by Gasteiger charge is -2.32. The predicted octanol–water partition coefficient (Wildman–Crippen LogP) is 2.74. The average molecular weight is 285 g/mol. The van der Waals surface area contributed by atoms with Crippen LogP contribution in [0.3, 0.4) is 0 Å². The number of fused-ring (bicyclic) bond motifs is 1. The number of nitrogens with zero attached hydrogens (tertiary/aromatic N) is 4. The van der Waals surface area contributed by atoms with E-state index in [1.807, 2.05) is 6.92 Å². The zero-order valence-corrected chi connectivity index (χ0v) is 10.9. The minimum Gasteiger partial charge on any atom is -0.366 e. The van der Waals surface area contributed by atoms with Gasteiger partial charge in [-0.15, -0.1) is 15.3 Å². The summed E-state index contributed by atoms with van der Waals surface area (Å²) in [4.78, 5) is 0. The summed E-state index contributed by atoms with van der Waals surface area (Å²) in [5.74, 6) is -0.134. The van der Waals surface area contributed by atoms with Crippen LogP contribution in [0.1, 0.15) is 32.0 Å². The van der Waals surface area contributed by atoms with Gasteiger partial charge in [0.25, 0.3) is 5.82 Å². The van der Waals surface area contributed by atoms with Crippen LogP contribution in [0.4, 0.5) is 19.0 Å². The van der Waals surface area contributed by atoms with Gasteiger partial charge in [-0.3, -0.25) is 0 Å². The minimum atomic E-state index is -4.56. The molecule has 108 valence electrons. The Labute approximate surface area is 113 Å². The maximum absolute atomic E-state index is 12.8. The number of aromatic nitrogens is 4. The van der Waals surface area contributed by atoms with Crippen molar-refractivity contribution >= 4 is 11.5 Å². The Kier molecular flexibility index (Phi) is 3.02. The van der Waals surface area contributed by atoms with Crippen molar-refractivity contribution in [2.45, 2.75) is 38.4 Å².